The number of furan rings is 1. The van der Waals surface area contributed by atoms with Gasteiger partial charge in [0.05, 0.1) is 0 Å². The maximum Gasteiger partial charge on any atom is 0.406 e. The highest BCUT2D eigenvalue weighted by atomic mass is 19.4. The molecule has 0 radical (unpaired) electrons. The van der Waals surface area contributed by atoms with Gasteiger partial charge in [-0.05, 0) is 13.0 Å². The van der Waals surface area contributed by atoms with Gasteiger partial charge in [-0.25, -0.2) is 0 Å². The SMILES string of the molecule is CCN(CC(F)(F)F)c1ccc(C=O)o1. The first-order chi connectivity index (χ1) is 6.96. The van der Waals surface area contributed by atoms with Gasteiger partial charge in [-0.3, -0.25) is 4.79 Å². The first-order valence-corrected chi connectivity index (χ1v) is 4.33. The fraction of sp³-hybridized carbons (Fsp3) is 0.444. The highest BCUT2D eigenvalue weighted by Gasteiger charge is 2.31. The van der Waals surface area contributed by atoms with Crippen LogP contribution in [0.2, 0.25) is 0 Å². The van der Waals surface area contributed by atoms with Crippen LogP contribution >= 0.6 is 0 Å². The van der Waals surface area contributed by atoms with E-state index < -0.39 is 12.7 Å². The van der Waals surface area contributed by atoms with E-state index in [-0.39, 0.29) is 18.2 Å². The van der Waals surface area contributed by atoms with Crippen LogP contribution < -0.4 is 4.90 Å². The third-order valence-electron chi connectivity index (χ3n) is 1.79. The van der Waals surface area contributed by atoms with Gasteiger partial charge < -0.3 is 9.32 Å². The number of carbonyl (C=O) groups excluding carboxylic acids is 1. The molecule has 0 amide bonds. The Balaban J connectivity index is 2.78. The van der Waals surface area contributed by atoms with Crippen molar-refractivity contribution in [3.63, 3.8) is 0 Å². The van der Waals surface area contributed by atoms with E-state index in [1.807, 2.05) is 0 Å². The normalized spacial score (nSPS) is 11.5. The fourth-order valence-corrected chi connectivity index (χ4v) is 1.14. The van der Waals surface area contributed by atoms with E-state index in [2.05, 4.69) is 0 Å². The lowest BCUT2D eigenvalue weighted by Gasteiger charge is -2.21. The second-order valence-electron chi connectivity index (χ2n) is 2.92. The molecule has 0 saturated heterocycles. The molecule has 15 heavy (non-hydrogen) atoms. The van der Waals surface area contributed by atoms with Crippen LogP contribution in [0.5, 0.6) is 0 Å². The van der Waals surface area contributed by atoms with Crippen LogP contribution in [-0.2, 0) is 0 Å². The summed E-state index contributed by atoms with van der Waals surface area (Å²) in [6.45, 7) is 0.648. The summed E-state index contributed by atoms with van der Waals surface area (Å²) >= 11 is 0. The molecule has 0 unspecified atom stereocenters. The number of anilines is 1. The predicted octanol–water partition coefficient (Wildman–Crippen LogP) is 2.48. The van der Waals surface area contributed by atoms with Gasteiger partial charge in [-0.15, -0.1) is 0 Å². The molecule has 6 heteroatoms. The Morgan fingerprint density at radius 2 is 2.13 bits per heavy atom. The summed E-state index contributed by atoms with van der Waals surface area (Å²) in [6, 6.07) is 2.68. The zero-order chi connectivity index (χ0) is 11.5. The van der Waals surface area contributed by atoms with Crippen molar-refractivity contribution >= 4 is 12.2 Å². The van der Waals surface area contributed by atoms with Gasteiger partial charge in [-0.2, -0.15) is 13.2 Å². The highest BCUT2D eigenvalue weighted by Crippen LogP contribution is 2.23. The van der Waals surface area contributed by atoms with Crippen LogP contribution in [0.1, 0.15) is 17.5 Å². The van der Waals surface area contributed by atoms with E-state index in [0.29, 0.717) is 6.29 Å². The number of carbonyl (C=O) groups is 1. The van der Waals surface area contributed by atoms with Crippen LogP contribution in [0.4, 0.5) is 19.1 Å². The minimum absolute atomic E-state index is 0.0191. The van der Waals surface area contributed by atoms with E-state index >= 15 is 0 Å². The molecule has 1 aromatic heterocycles. The number of nitrogens with zero attached hydrogens (tertiary/aromatic N) is 1. The fourth-order valence-electron chi connectivity index (χ4n) is 1.14. The lowest BCUT2D eigenvalue weighted by molar-refractivity contribution is -0.120. The first kappa shape index (κ1) is 11.6. The zero-order valence-corrected chi connectivity index (χ0v) is 8.04. The van der Waals surface area contributed by atoms with Gasteiger partial charge in [-0.1, -0.05) is 0 Å². The Morgan fingerprint density at radius 3 is 2.53 bits per heavy atom. The number of rotatable bonds is 4. The Kier molecular flexibility index (Phi) is 3.39. The molecule has 1 rings (SSSR count). The lowest BCUT2D eigenvalue weighted by Crippen LogP contribution is -2.33. The summed E-state index contributed by atoms with van der Waals surface area (Å²) in [5.74, 6) is 0.0718. The minimum Gasteiger partial charge on any atom is -0.438 e. The highest BCUT2D eigenvalue weighted by molar-refractivity contribution is 5.71. The molecule has 0 fully saturated rings. The monoisotopic (exact) mass is 221 g/mol. The molecule has 0 atom stereocenters. The number of hydrogen-bond acceptors (Lipinski definition) is 3. The van der Waals surface area contributed by atoms with Crippen LogP contribution in [0.3, 0.4) is 0 Å². The number of alkyl halides is 3. The Labute approximate surface area is 84.5 Å². The van der Waals surface area contributed by atoms with Crippen molar-refractivity contribution in [3.8, 4) is 0 Å². The molecule has 0 spiro atoms. The molecule has 84 valence electrons. The van der Waals surface area contributed by atoms with Gasteiger partial charge in [0, 0.05) is 12.6 Å². The molecule has 3 nitrogen and oxygen atoms in total. The molecule has 1 aromatic rings. The summed E-state index contributed by atoms with van der Waals surface area (Å²) in [5, 5.41) is 0. The van der Waals surface area contributed by atoms with Gasteiger partial charge in [0.2, 0.25) is 0 Å². The molecule has 0 aromatic carbocycles. The third-order valence-corrected chi connectivity index (χ3v) is 1.79. The zero-order valence-electron chi connectivity index (χ0n) is 8.04. The Bertz CT molecular complexity index is 332. The molecule has 0 aliphatic heterocycles. The average Bonchev–Trinajstić information content (AvgIpc) is 2.60. The van der Waals surface area contributed by atoms with Crippen molar-refractivity contribution in [2.24, 2.45) is 0 Å². The lowest BCUT2D eigenvalue weighted by atomic mass is 10.4. The molecule has 0 saturated carbocycles. The summed E-state index contributed by atoms with van der Waals surface area (Å²) < 4.78 is 41.2. The molecule has 0 aliphatic carbocycles. The molecule has 1 heterocycles. The van der Waals surface area contributed by atoms with Gasteiger partial charge in [0.1, 0.15) is 6.54 Å². The molecular formula is C9H10F3NO2. The van der Waals surface area contributed by atoms with Crippen LogP contribution in [0.25, 0.3) is 0 Å². The maximum absolute atomic E-state index is 12.1. The van der Waals surface area contributed by atoms with Crippen molar-refractivity contribution in [1.82, 2.24) is 0 Å². The average molecular weight is 221 g/mol. The molecule has 0 aliphatic rings. The predicted molar refractivity (Wildman–Crippen MR) is 48.0 cm³/mol. The van der Waals surface area contributed by atoms with E-state index in [9.17, 15) is 18.0 Å². The topological polar surface area (TPSA) is 33.5 Å². The van der Waals surface area contributed by atoms with E-state index in [1.54, 1.807) is 6.92 Å². The molecular weight excluding hydrogens is 211 g/mol. The van der Waals surface area contributed by atoms with E-state index in [4.69, 9.17) is 4.42 Å². The van der Waals surface area contributed by atoms with Gasteiger partial charge in [0.15, 0.2) is 17.9 Å². The number of halogens is 3. The Morgan fingerprint density at radius 1 is 1.47 bits per heavy atom. The molecule has 0 bridgehead atoms. The van der Waals surface area contributed by atoms with Gasteiger partial charge >= 0.3 is 6.18 Å². The maximum atomic E-state index is 12.1. The standard InChI is InChI=1S/C9H10F3NO2/c1-2-13(6-9(10,11)12)8-4-3-7(5-14)15-8/h3-5H,2,6H2,1H3. The van der Waals surface area contributed by atoms with Crippen LogP contribution in [-0.4, -0.2) is 25.6 Å². The number of aldehydes is 1. The summed E-state index contributed by atoms with van der Waals surface area (Å²) in [5.41, 5.74) is 0. The molecule has 0 N–H and O–H groups in total. The van der Waals surface area contributed by atoms with Crippen LogP contribution in [0.15, 0.2) is 16.5 Å². The van der Waals surface area contributed by atoms with Gasteiger partial charge in [0.25, 0.3) is 0 Å². The second-order valence-corrected chi connectivity index (χ2v) is 2.92. The van der Waals surface area contributed by atoms with E-state index in [1.165, 1.54) is 12.1 Å². The smallest absolute Gasteiger partial charge is 0.406 e. The largest absolute Gasteiger partial charge is 0.438 e. The van der Waals surface area contributed by atoms with Crippen molar-refractivity contribution in [3.05, 3.63) is 17.9 Å². The first-order valence-electron chi connectivity index (χ1n) is 4.33. The number of hydrogen-bond donors (Lipinski definition) is 0. The van der Waals surface area contributed by atoms with Crippen molar-refractivity contribution in [1.29, 1.82) is 0 Å². The van der Waals surface area contributed by atoms with E-state index in [0.717, 1.165) is 4.90 Å². The van der Waals surface area contributed by atoms with Crippen molar-refractivity contribution in [2.45, 2.75) is 13.1 Å². The quantitative estimate of drug-likeness (QED) is 0.732. The second kappa shape index (κ2) is 4.37. The van der Waals surface area contributed by atoms with Crippen LogP contribution in [0, 0.1) is 0 Å². The van der Waals surface area contributed by atoms with Crippen molar-refractivity contribution in [2.75, 3.05) is 18.0 Å². The van der Waals surface area contributed by atoms with Crippen molar-refractivity contribution < 1.29 is 22.4 Å². The Hall–Kier alpha value is -1.46. The summed E-state index contributed by atoms with van der Waals surface area (Å²) in [7, 11) is 0. The third kappa shape index (κ3) is 3.30. The summed E-state index contributed by atoms with van der Waals surface area (Å²) in [6.07, 6.45) is -3.84. The minimum atomic E-state index is -4.29. The summed E-state index contributed by atoms with van der Waals surface area (Å²) in [4.78, 5) is 11.3.